The molecule has 1 aliphatic rings. The Morgan fingerprint density at radius 3 is 2.53 bits per heavy atom. The van der Waals surface area contributed by atoms with Crippen molar-refractivity contribution in [3.05, 3.63) is 34.9 Å². The maximum atomic E-state index is 13.7. The molecule has 5 heteroatoms. The topological polar surface area (TPSA) is 46.3 Å². The maximum absolute atomic E-state index is 13.7. The molecule has 1 saturated heterocycles. The first kappa shape index (κ1) is 13.9. The molecule has 2 N–H and O–H groups in total. The van der Waals surface area contributed by atoms with Gasteiger partial charge in [-0.3, -0.25) is 4.79 Å². The van der Waals surface area contributed by atoms with E-state index >= 15 is 0 Å². The Morgan fingerprint density at radius 2 is 1.95 bits per heavy atom. The number of likely N-dealkylation sites (tertiary alicyclic amines) is 1. The van der Waals surface area contributed by atoms with Gasteiger partial charge in [-0.25, -0.2) is 8.78 Å². The summed E-state index contributed by atoms with van der Waals surface area (Å²) < 4.78 is 26.9. The van der Waals surface area contributed by atoms with Gasteiger partial charge < -0.3 is 10.6 Å². The zero-order chi connectivity index (χ0) is 14.0. The largest absolute Gasteiger partial charge is 0.339 e. The van der Waals surface area contributed by atoms with Crippen molar-refractivity contribution in [2.45, 2.75) is 19.8 Å². The Balaban J connectivity index is 2.14. The van der Waals surface area contributed by atoms with Crippen molar-refractivity contribution in [1.29, 1.82) is 0 Å². The standard InChI is InChI=1S/C14H18F2N2O/c1-9-6-11(13(16)7-12(9)15)14(19)18-4-2-10(8-17)3-5-18/h6-7,10H,2-5,8,17H2,1H3. The zero-order valence-corrected chi connectivity index (χ0v) is 11.0. The summed E-state index contributed by atoms with van der Waals surface area (Å²) in [7, 11) is 0. The minimum atomic E-state index is -0.797. The van der Waals surface area contributed by atoms with E-state index in [9.17, 15) is 13.6 Å². The smallest absolute Gasteiger partial charge is 0.256 e. The lowest BCUT2D eigenvalue weighted by Crippen LogP contribution is -2.40. The van der Waals surface area contributed by atoms with Crippen molar-refractivity contribution < 1.29 is 13.6 Å². The summed E-state index contributed by atoms with van der Waals surface area (Å²) in [6, 6.07) is 2.05. The van der Waals surface area contributed by atoms with Crippen LogP contribution in [0.4, 0.5) is 8.78 Å². The first-order chi connectivity index (χ1) is 9.02. The fourth-order valence-electron chi connectivity index (χ4n) is 2.36. The van der Waals surface area contributed by atoms with Gasteiger partial charge in [0.1, 0.15) is 11.6 Å². The summed E-state index contributed by atoms with van der Waals surface area (Å²) in [5, 5.41) is 0. The molecule has 0 atom stereocenters. The molecule has 1 amide bonds. The highest BCUT2D eigenvalue weighted by molar-refractivity contribution is 5.94. The molecule has 0 spiro atoms. The summed E-state index contributed by atoms with van der Waals surface area (Å²) in [6.07, 6.45) is 1.67. The number of halogens is 2. The number of hydrogen-bond acceptors (Lipinski definition) is 2. The molecule has 0 radical (unpaired) electrons. The average Bonchev–Trinajstić information content (AvgIpc) is 2.42. The maximum Gasteiger partial charge on any atom is 0.256 e. The number of benzene rings is 1. The monoisotopic (exact) mass is 268 g/mol. The van der Waals surface area contributed by atoms with Gasteiger partial charge in [0.2, 0.25) is 0 Å². The van der Waals surface area contributed by atoms with Crippen molar-refractivity contribution in [2.24, 2.45) is 11.7 Å². The highest BCUT2D eigenvalue weighted by atomic mass is 19.1. The molecule has 19 heavy (non-hydrogen) atoms. The van der Waals surface area contributed by atoms with Crippen LogP contribution < -0.4 is 5.73 Å². The molecule has 1 heterocycles. The van der Waals surface area contributed by atoms with E-state index in [1.54, 1.807) is 4.90 Å². The zero-order valence-electron chi connectivity index (χ0n) is 11.0. The normalized spacial score (nSPS) is 16.7. The van der Waals surface area contributed by atoms with Gasteiger partial charge in [-0.1, -0.05) is 0 Å². The Hall–Kier alpha value is -1.49. The molecule has 0 unspecified atom stereocenters. The molecule has 0 bridgehead atoms. The second-order valence-corrected chi connectivity index (χ2v) is 5.05. The summed E-state index contributed by atoms with van der Waals surface area (Å²) in [4.78, 5) is 13.8. The predicted octanol–water partition coefficient (Wildman–Crippen LogP) is 2.08. The fraction of sp³-hybridized carbons (Fsp3) is 0.500. The molecule has 0 aliphatic carbocycles. The first-order valence-corrected chi connectivity index (χ1v) is 6.48. The molecule has 1 aromatic rings. The Labute approximate surface area is 111 Å². The Bertz CT molecular complexity index is 483. The van der Waals surface area contributed by atoms with Gasteiger partial charge in [0.05, 0.1) is 5.56 Å². The van der Waals surface area contributed by atoms with E-state index in [1.165, 1.54) is 13.0 Å². The number of carbonyl (C=O) groups excluding carboxylic acids is 1. The van der Waals surface area contributed by atoms with Gasteiger partial charge in [0, 0.05) is 19.2 Å². The van der Waals surface area contributed by atoms with E-state index in [4.69, 9.17) is 5.73 Å². The lowest BCUT2D eigenvalue weighted by atomic mass is 9.96. The van der Waals surface area contributed by atoms with Crippen LogP contribution >= 0.6 is 0 Å². The van der Waals surface area contributed by atoms with Crippen LogP contribution in [0.1, 0.15) is 28.8 Å². The van der Waals surface area contributed by atoms with Gasteiger partial charge in [-0.2, -0.15) is 0 Å². The number of hydrogen-bond donors (Lipinski definition) is 1. The molecule has 0 aromatic heterocycles. The van der Waals surface area contributed by atoms with Crippen LogP contribution in [0.15, 0.2) is 12.1 Å². The predicted molar refractivity (Wildman–Crippen MR) is 68.8 cm³/mol. The van der Waals surface area contributed by atoms with Gasteiger partial charge >= 0.3 is 0 Å². The minimum absolute atomic E-state index is 0.0508. The van der Waals surface area contributed by atoms with Crippen molar-refractivity contribution in [3.63, 3.8) is 0 Å². The Kier molecular flexibility index (Phi) is 4.14. The van der Waals surface area contributed by atoms with Crippen LogP contribution in [0.2, 0.25) is 0 Å². The molecular formula is C14H18F2N2O. The summed E-state index contributed by atoms with van der Waals surface area (Å²) in [5.74, 6) is -1.36. The van der Waals surface area contributed by atoms with Crippen LogP contribution in [0, 0.1) is 24.5 Å². The number of nitrogens with zero attached hydrogens (tertiary/aromatic N) is 1. The molecule has 1 fully saturated rings. The molecular weight excluding hydrogens is 250 g/mol. The minimum Gasteiger partial charge on any atom is -0.339 e. The van der Waals surface area contributed by atoms with E-state index in [2.05, 4.69) is 0 Å². The number of aryl methyl sites for hydroxylation is 1. The lowest BCUT2D eigenvalue weighted by molar-refractivity contribution is 0.0688. The van der Waals surface area contributed by atoms with E-state index < -0.39 is 11.6 Å². The van der Waals surface area contributed by atoms with Crippen LogP contribution in [0.5, 0.6) is 0 Å². The quantitative estimate of drug-likeness (QED) is 0.892. The molecule has 1 aliphatic heterocycles. The third kappa shape index (κ3) is 2.92. The molecule has 3 nitrogen and oxygen atoms in total. The first-order valence-electron chi connectivity index (χ1n) is 6.48. The number of carbonyl (C=O) groups is 1. The highest BCUT2D eigenvalue weighted by Crippen LogP contribution is 2.21. The van der Waals surface area contributed by atoms with Crippen LogP contribution in [0.3, 0.4) is 0 Å². The number of nitrogens with two attached hydrogens (primary N) is 1. The van der Waals surface area contributed by atoms with E-state index in [0.29, 0.717) is 25.6 Å². The number of amides is 1. The van der Waals surface area contributed by atoms with Gasteiger partial charge in [-0.15, -0.1) is 0 Å². The summed E-state index contributed by atoms with van der Waals surface area (Å²) >= 11 is 0. The summed E-state index contributed by atoms with van der Waals surface area (Å²) in [6.45, 7) is 3.30. The van der Waals surface area contributed by atoms with Gasteiger partial charge in [-0.05, 0) is 43.9 Å². The summed E-state index contributed by atoms with van der Waals surface area (Å²) in [5.41, 5.74) is 5.82. The SMILES string of the molecule is Cc1cc(C(=O)N2CCC(CN)CC2)c(F)cc1F. The van der Waals surface area contributed by atoms with Crippen LogP contribution in [-0.4, -0.2) is 30.4 Å². The van der Waals surface area contributed by atoms with Crippen molar-refractivity contribution in [2.75, 3.05) is 19.6 Å². The van der Waals surface area contributed by atoms with Crippen molar-refractivity contribution in [1.82, 2.24) is 4.90 Å². The van der Waals surface area contributed by atoms with Gasteiger partial charge in [0.25, 0.3) is 5.91 Å². The lowest BCUT2D eigenvalue weighted by Gasteiger charge is -2.31. The van der Waals surface area contributed by atoms with E-state index in [1.807, 2.05) is 0 Å². The molecule has 1 aromatic carbocycles. The molecule has 2 rings (SSSR count). The van der Waals surface area contributed by atoms with Crippen molar-refractivity contribution in [3.8, 4) is 0 Å². The third-order valence-corrected chi connectivity index (χ3v) is 3.71. The van der Waals surface area contributed by atoms with Crippen LogP contribution in [0.25, 0.3) is 0 Å². The number of piperidine rings is 1. The fourth-order valence-corrected chi connectivity index (χ4v) is 2.36. The van der Waals surface area contributed by atoms with Gasteiger partial charge in [0.15, 0.2) is 0 Å². The molecule has 104 valence electrons. The molecule has 0 saturated carbocycles. The number of rotatable bonds is 2. The second-order valence-electron chi connectivity index (χ2n) is 5.05. The van der Waals surface area contributed by atoms with Crippen molar-refractivity contribution >= 4 is 5.91 Å². The Morgan fingerprint density at radius 1 is 1.32 bits per heavy atom. The highest BCUT2D eigenvalue weighted by Gasteiger charge is 2.25. The van der Waals surface area contributed by atoms with Crippen LogP contribution in [-0.2, 0) is 0 Å². The van der Waals surface area contributed by atoms with E-state index in [-0.39, 0.29) is 17.0 Å². The second kappa shape index (κ2) is 5.65. The van der Waals surface area contributed by atoms with E-state index in [0.717, 1.165) is 18.9 Å². The third-order valence-electron chi connectivity index (χ3n) is 3.71. The average molecular weight is 268 g/mol.